The van der Waals surface area contributed by atoms with Gasteiger partial charge < -0.3 is 10.6 Å². The Bertz CT molecular complexity index is 677. The molecule has 23 heavy (non-hydrogen) atoms. The van der Waals surface area contributed by atoms with Crippen LogP contribution in [0.5, 0.6) is 0 Å². The van der Waals surface area contributed by atoms with Gasteiger partial charge in [0.25, 0.3) is 5.91 Å². The molecule has 2 N–H and O–H groups in total. The Hall–Kier alpha value is -1.36. The molecule has 4 rings (SSSR count). The molecule has 2 atom stereocenters. The van der Waals surface area contributed by atoms with E-state index >= 15 is 0 Å². The van der Waals surface area contributed by atoms with Crippen LogP contribution in [0.4, 0.5) is 0 Å². The number of para-hydroxylation sites is 1. The summed E-state index contributed by atoms with van der Waals surface area (Å²) in [5, 5.41) is 7.82. The van der Waals surface area contributed by atoms with Gasteiger partial charge in [-0.25, -0.2) is 0 Å². The van der Waals surface area contributed by atoms with Gasteiger partial charge in [-0.2, -0.15) is 0 Å². The fourth-order valence-corrected chi connectivity index (χ4v) is 3.73. The molecular formula is C17H21Cl2N3O. The molecule has 2 unspecified atom stereocenters. The summed E-state index contributed by atoms with van der Waals surface area (Å²) in [4.78, 5) is 17.0. The number of nitrogens with one attached hydrogen (secondary N) is 2. The zero-order valence-corrected chi connectivity index (χ0v) is 14.3. The van der Waals surface area contributed by atoms with Crippen LogP contribution in [0.25, 0.3) is 10.9 Å². The number of benzene rings is 1. The van der Waals surface area contributed by atoms with Gasteiger partial charge >= 0.3 is 0 Å². The molecule has 2 fully saturated rings. The number of aromatic nitrogens is 1. The lowest BCUT2D eigenvalue weighted by molar-refractivity contribution is 0.0925. The number of nitrogens with zero attached hydrogens (tertiary/aromatic N) is 1. The van der Waals surface area contributed by atoms with Crippen molar-refractivity contribution in [3.8, 4) is 0 Å². The second-order valence-electron chi connectivity index (χ2n) is 6.16. The largest absolute Gasteiger partial charge is 0.349 e. The summed E-state index contributed by atoms with van der Waals surface area (Å²) < 4.78 is 0. The molecule has 2 aliphatic heterocycles. The lowest BCUT2D eigenvalue weighted by atomic mass is 9.99. The lowest BCUT2D eigenvalue weighted by Crippen LogP contribution is -2.48. The van der Waals surface area contributed by atoms with Crippen molar-refractivity contribution in [3.05, 3.63) is 42.1 Å². The number of pyridine rings is 1. The molecule has 0 aliphatic carbocycles. The highest BCUT2D eigenvalue weighted by atomic mass is 35.5. The minimum absolute atomic E-state index is 0. The van der Waals surface area contributed by atoms with Crippen LogP contribution in [0.3, 0.4) is 0 Å². The standard InChI is InChI=1S/C17H19N3O.2ClH/c21-17(20-14-9-12-6-7-13(10-14)19-12)15-5-1-3-11-4-2-8-18-16(11)15;;/h1-5,8,12-14,19H,6-7,9-10H2,(H,20,21);2*1H. The number of carbonyl (C=O) groups is 1. The maximum Gasteiger partial charge on any atom is 0.253 e. The summed E-state index contributed by atoms with van der Waals surface area (Å²) >= 11 is 0. The van der Waals surface area contributed by atoms with Crippen LogP contribution in [0.15, 0.2) is 36.5 Å². The Labute approximate surface area is 148 Å². The quantitative estimate of drug-likeness (QED) is 0.872. The number of fused-ring (bicyclic) bond motifs is 3. The van der Waals surface area contributed by atoms with E-state index in [1.165, 1.54) is 12.8 Å². The van der Waals surface area contributed by atoms with Crippen LogP contribution in [0.1, 0.15) is 36.0 Å². The van der Waals surface area contributed by atoms with Crippen molar-refractivity contribution < 1.29 is 4.79 Å². The molecule has 1 aromatic carbocycles. The topological polar surface area (TPSA) is 54.0 Å². The molecule has 0 spiro atoms. The molecule has 3 heterocycles. The molecule has 0 radical (unpaired) electrons. The molecule has 2 aromatic rings. The van der Waals surface area contributed by atoms with Gasteiger partial charge in [0.15, 0.2) is 0 Å². The summed E-state index contributed by atoms with van der Waals surface area (Å²) in [6.07, 6.45) is 6.31. The summed E-state index contributed by atoms with van der Waals surface area (Å²) in [5.41, 5.74) is 1.47. The number of amides is 1. The average Bonchev–Trinajstić information content (AvgIpc) is 2.85. The van der Waals surface area contributed by atoms with Crippen LogP contribution in [0, 0.1) is 0 Å². The van der Waals surface area contributed by atoms with Crippen molar-refractivity contribution in [2.45, 2.75) is 43.8 Å². The van der Waals surface area contributed by atoms with E-state index in [2.05, 4.69) is 15.6 Å². The predicted molar refractivity (Wildman–Crippen MR) is 96.7 cm³/mol. The van der Waals surface area contributed by atoms with Crippen molar-refractivity contribution in [1.29, 1.82) is 0 Å². The number of piperidine rings is 1. The normalized spacial score (nSPS) is 25.3. The summed E-state index contributed by atoms with van der Waals surface area (Å²) in [7, 11) is 0. The summed E-state index contributed by atoms with van der Waals surface area (Å²) in [6, 6.07) is 11.1. The van der Waals surface area contributed by atoms with Gasteiger partial charge in [-0.3, -0.25) is 9.78 Å². The van der Waals surface area contributed by atoms with Crippen LogP contribution in [-0.2, 0) is 0 Å². The van der Waals surface area contributed by atoms with Crippen molar-refractivity contribution in [2.24, 2.45) is 0 Å². The van der Waals surface area contributed by atoms with Crippen molar-refractivity contribution in [2.75, 3.05) is 0 Å². The molecule has 6 heteroatoms. The van der Waals surface area contributed by atoms with E-state index < -0.39 is 0 Å². The SMILES string of the molecule is Cl.Cl.O=C(NC1CC2CCC(C1)N2)c1cccc2cccnc12. The monoisotopic (exact) mass is 353 g/mol. The Kier molecular flexibility index (Phi) is 5.84. The molecule has 2 bridgehead atoms. The Morgan fingerprint density at radius 1 is 1.09 bits per heavy atom. The van der Waals surface area contributed by atoms with E-state index in [9.17, 15) is 4.79 Å². The Balaban J connectivity index is 0.000000960. The number of halogens is 2. The number of carbonyl (C=O) groups excluding carboxylic acids is 1. The smallest absolute Gasteiger partial charge is 0.253 e. The van der Waals surface area contributed by atoms with Gasteiger partial charge in [-0.05, 0) is 37.8 Å². The maximum absolute atomic E-state index is 12.6. The van der Waals surface area contributed by atoms with Crippen LogP contribution in [0.2, 0.25) is 0 Å². The van der Waals surface area contributed by atoms with E-state index in [0.717, 1.165) is 23.7 Å². The first-order valence-corrected chi connectivity index (χ1v) is 7.70. The van der Waals surface area contributed by atoms with E-state index in [4.69, 9.17) is 0 Å². The predicted octanol–water partition coefficient (Wildman–Crippen LogP) is 3.09. The van der Waals surface area contributed by atoms with Gasteiger partial charge in [-0.15, -0.1) is 24.8 Å². The van der Waals surface area contributed by atoms with Crippen molar-refractivity contribution in [3.63, 3.8) is 0 Å². The van der Waals surface area contributed by atoms with Gasteiger partial charge in [0.1, 0.15) is 0 Å². The zero-order valence-electron chi connectivity index (χ0n) is 12.7. The first-order valence-electron chi connectivity index (χ1n) is 7.70. The highest BCUT2D eigenvalue weighted by Crippen LogP contribution is 2.27. The van der Waals surface area contributed by atoms with Crippen LogP contribution >= 0.6 is 24.8 Å². The van der Waals surface area contributed by atoms with E-state index in [1.807, 2.05) is 30.3 Å². The minimum Gasteiger partial charge on any atom is -0.349 e. The molecule has 124 valence electrons. The highest BCUT2D eigenvalue weighted by molar-refractivity contribution is 6.05. The molecule has 1 amide bonds. The summed E-state index contributed by atoms with van der Waals surface area (Å²) in [6.45, 7) is 0. The number of rotatable bonds is 2. The van der Waals surface area contributed by atoms with Gasteiger partial charge in [0.2, 0.25) is 0 Å². The third-order valence-corrected chi connectivity index (χ3v) is 4.69. The molecule has 2 aliphatic rings. The fourth-order valence-electron chi connectivity index (χ4n) is 3.73. The Morgan fingerprint density at radius 3 is 2.52 bits per heavy atom. The Morgan fingerprint density at radius 2 is 1.78 bits per heavy atom. The summed E-state index contributed by atoms with van der Waals surface area (Å²) in [5.74, 6) is 0.00519. The minimum atomic E-state index is 0. The fraction of sp³-hybridized carbons (Fsp3) is 0.412. The molecule has 0 saturated carbocycles. The average molecular weight is 354 g/mol. The van der Waals surface area contributed by atoms with E-state index in [1.54, 1.807) is 6.20 Å². The third-order valence-electron chi connectivity index (χ3n) is 4.69. The van der Waals surface area contributed by atoms with E-state index in [0.29, 0.717) is 17.6 Å². The highest BCUT2D eigenvalue weighted by Gasteiger charge is 2.34. The third kappa shape index (κ3) is 3.60. The molecular weight excluding hydrogens is 333 g/mol. The number of hydrogen-bond acceptors (Lipinski definition) is 3. The lowest BCUT2D eigenvalue weighted by Gasteiger charge is -2.29. The zero-order chi connectivity index (χ0) is 14.2. The van der Waals surface area contributed by atoms with Crippen LogP contribution in [-0.4, -0.2) is 29.0 Å². The van der Waals surface area contributed by atoms with Gasteiger partial charge in [0, 0.05) is 29.7 Å². The molecule has 1 aromatic heterocycles. The first kappa shape index (κ1) is 18.0. The van der Waals surface area contributed by atoms with Crippen LogP contribution < -0.4 is 10.6 Å². The van der Waals surface area contributed by atoms with Gasteiger partial charge in [-0.1, -0.05) is 18.2 Å². The first-order chi connectivity index (χ1) is 10.3. The number of hydrogen-bond donors (Lipinski definition) is 2. The van der Waals surface area contributed by atoms with E-state index in [-0.39, 0.29) is 36.8 Å². The maximum atomic E-state index is 12.6. The second kappa shape index (κ2) is 7.47. The molecule has 2 saturated heterocycles. The van der Waals surface area contributed by atoms with Crippen molar-refractivity contribution >= 4 is 41.6 Å². The van der Waals surface area contributed by atoms with Crippen molar-refractivity contribution in [1.82, 2.24) is 15.6 Å². The van der Waals surface area contributed by atoms with Gasteiger partial charge in [0.05, 0.1) is 11.1 Å². The molecule has 4 nitrogen and oxygen atoms in total. The second-order valence-corrected chi connectivity index (χ2v) is 6.16.